The van der Waals surface area contributed by atoms with Crippen LogP contribution in [0.25, 0.3) is 0 Å². The van der Waals surface area contributed by atoms with E-state index < -0.39 is 0 Å². The van der Waals surface area contributed by atoms with Crippen molar-refractivity contribution < 1.29 is 9.69 Å². The maximum absolute atomic E-state index is 12.2. The molecule has 2 N–H and O–H groups in total. The fourth-order valence-electron chi connectivity index (χ4n) is 3.43. The van der Waals surface area contributed by atoms with Gasteiger partial charge in [0.25, 0.3) is 0 Å². The number of rotatable bonds is 5. The first-order chi connectivity index (χ1) is 12.1. The molecule has 0 spiro atoms. The average molecular weight is 338 g/mol. The number of para-hydroxylation sites is 1. The van der Waals surface area contributed by atoms with Crippen LogP contribution >= 0.6 is 0 Å². The molecule has 0 aromatic heterocycles. The van der Waals surface area contributed by atoms with Crippen LogP contribution in [0, 0.1) is 13.8 Å². The van der Waals surface area contributed by atoms with Gasteiger partial charge in [0.15, 0.2) is 0 Å². The number of piperazine rings is 1. The van der Waals surface area contributed by atoms with Crippen molar-refractivity contribution in [1.29, 1.82) is 0 Å². The van der Waals surface area contributed by atoms with E-state index in [0.29, 0.717) is 6.42 Å². The molecular formula is C21H28N3O+. The predicted octanol–water partition coefficient (Wildman–Crippen LogP) is 2.04. The summed E-state index contributed by atoms with van der Waals surface area (Å²) in [6.45, 7) is 9.29. The molecule has 2 aromatic rings. The Morgan fingerprint density at radius 3 is 2.48 bits per heavy atom. The molecule has 132 valence electrons. The van der Waals surface area contributed by atoms with Crippen molar-refractivity contribution in [3.8, 4) is 0 Å². The molecule has 4 heteroatoms. The number of aryl methyl sites for hydroxylation is 2. The van der Waals surface area contributed by atoms with Gasteiger partial charge in [0.05, 0.1) is 39.1 Å². The van der Waals surface area contributed by atoms with Crippen molar-refractivity contribution in [2.75, 3.05) is 42.9 Å². The van der Waals surface area contributed by atoms with E-state index in [1.54, 1.807) is 0 Å². The van der Waals surface area contributed by atoms with Crippen LogP contribution in [0.4, 0.5) is 11.4 Å². The van der Waals surface area contributed by atoms with Crippen molar-refractivity contribution in [2.45, 2.75) is 20.3 Å². The lowest BCUT2D eigenvalue weighted by Crippen LogP contribution is -3.15. The van der Waals surface area contributed by atoms with Gasteiger partial charge in [0, 0.05) is 11.4 Å². The Kier molecular flexibility index (Phi) is 5.71. The molecule has 1 saturated heterocycles. The van der Waals surface area contributed by atoms with Crippen LogP contribution in [0.15, 0.2) is 48.5 Å². The zero-order valence-corrected chi connectivity index (χ0v) is 15.2. The van der Waals surface area contributed by atoms with Crippen LogP contribution in [0.1, 0.15) is 17.5 Å². The van der Waals surface area contributed by atoms with Gasteiger partial charge in [-0.15, -0.1) is 0 Å². The van der Waals surface area contributed by atoms with E-state index in [4.69, 9.17) is 0 Å². The Hall–Kier alpha value is -2.33. The predicted molar refractivity (Wildman–Crippen MR) is 103 cm³/mol. The number of hydrogen-bond donors (Lipinski definition) is 2. The van der Waals surface area contributed by atoms with Gasteiger partial charge in [0.1, 0.15) is 0 Å². The molecule has 0 unspecified atom stereocenters. The Balaban J connectivity index is 1.43. The lowest BCUT2D eigenvalue weighted by atomic mass is 10.1. The van der Waals surface area contributed by atoms with Crippen molar-refractivity contribution in [3.63, 3.8) is 0 Å². The lowest BCUT2D eigenvalue weighted by Gasteiger charge is -2.33. The fourth-order valence-corrected chi connectivity index (χ4v) is 3.43. The first-order valence-electron chi connectivity index (χ1n) is 9.12. The number of carbonyl (C=O) groups is 1. The quantitative estimate of drug-likeness (QED) is 0.875. The molecule has 0 radical (unpaired) electrons. The number of nitrogens with zero attached hydrogens (tertiary/aromatic N) is 1. The number of quaternary nitrogens is 1. The summed E-state index contributed by atoms with van der Waals surface area (Å²) < 4.78 is 0. The third-order valence-corrected chi connectivity index (χ3v) is 4.95. The van der Waals surface area contributed by atoms with Gasteiger partial charge in [0.2, 0.25) is 5.91 Å². The molecule has 4 nitrogen and oxygen atoms in total. The molecule has 0 bridgehead atoms. The van der Waals surface area contributed by atoms with Crippen molar-refractivity contribution in [2.24, 2.45) is 0 Å². The molecular weight excluding hydrogens is 310 g/mol. The summed E-state index contributed by atoms with van der Waals surface area (Å²) in [6.07, 6.45) is 0.577. The number of carbonyl (C=O) groups excluding carboxylic acids is 1. The second-order valence-corrected chi connectivity index (χ2v) is 6.94. The standard InChI is InChI=1S/C21H27N3O/c1-17-8-9-20(18(2)16-17)22-21(25)10-11-23-12-14-24(15-13-23)19-6-4-3-5-7-19/h3-9,16H,10-15H2,1-2H3,(H,22,25)/p+1. The topological polar surface area (TPSA) is 36.8 Å². The van der Waals surface area contributed by atoms with E-state index >= 15 is 0 Å². The number of hydrogen-bond acceptors (Lipinski definition) is 2. The highest BCUT2D eigenvalue weighted by atomic mass is 16.1. The first-order valence-corrected chi connectivity index (χ1v) is 9.12. The van der Waals surface area contributed by atoms with Crippen LogP contribution < -0.4 is 15.1 Å². The molecule has 1 amide bonds. The summed E-state index contributed by atoms with van der Waals surface area (Å²) in [5, 5.41) is 3.05. The van der Waals surface area contributed by atoms with Crippen LogP contribution in [-0.2, 0) is 4.79 Å². The summed E-state index contributed by atoms with van der Waals surface area (Å²) in [5.41, 5.74) is 4.57. The third-order valence-electron chi connectivity index (χ3n) is 4.95. The van der Waals surface area contributed by atoms with Gasteiger partial charge < -0.3 is 15.1 Å². The maximum Gasteiger partial charge on any atom is 0.230 e. The van der Waals surface area contributed by atoms with E-state index in [1.165, 1.54) is 16.2 Å². The molecule has 1 aliphatic heterocycles. The highest BCUT2D eigenvalue weighted by Gasteiger charge is 2.20. The number of nitrogens with one attached hydrogen (secondary N) is 2. The van der Waals surface area contributed by atoms with Crippen molar-refractivity contribution >= 4 is 17.3 Å². The molecule has 1 aliphatic rings. The van der Waals surface area contributed by atoms with Gasteiger partial charge in [-0.3, -0.25) is 4.79 Å². The molecule has 25 heavy (non-hydrogen) atoms. The first kappa shape index (κ1) is 17.5. The lowest BCUT2D eigenvalue weighted by molar-refractivity contribution is -0.900. The Morgan fingerprint density at radius 1 is 1.08 bits per heavy atom. The van der Waals surface area contributed by atoms with Gasteiger partial charge >= 0.3 is 0 Å². The van der Waals surface area contributed by atoms with Crippen LogP contribution in [0.5, 0.6) is 0 Å². The Labute approximate surface area is 150 Å². The molecule has 0 aliphatic carbocycles. The number of amides is 1. The molecule has 0 saturated carbocycles. The Morgan fingerprint density at radius 2 is 1.80 bits per heavy atom. The summed E-state index contributed by atoms with van der Waals surface area (Å²) >= 11 is 0. The zero-order valence-electron chi connectivity index (χ0n) is 15.2. The van der Waals surface area contributed by atoms with Crippen LogP contribution in [-0.4, -0.2) is 38.6 Å². The average Bonchev–Trinajstić information content (AvgIpc) is 2.63. The van der Waals surface area contributed by atoms with E-state index in [9.17, 15) is 4.79 Å². The van der Waals surface area contributed by atoms with E-state index in [-0.39, 0.29) is 5.91 Å². The van der Waals surface area contributed by atoms with Crippen LogP contribution in [0.3, 0.4) is 0 Å². The normalized spacial score (nSPS) is 15.2. The smallest absolute Gasteiger partial charge is 0.230 e. The highest BCUT2D eigenvalue weighted by Crippen LogP contribution is 2.16. The van der Waals surface area contributed by atoms with Crippen molar-refractivity contribution in [1.82, 2.24) is 0 Å². The third kappa shape index (κ3) is 4.83. The summed E-state index contributed by atoms with van der Waals surface area (Å²) in [4.78, 5) is 16.2. The minimum atomic E-state index is 0.116. The summed E-state index contributed by atoms with van der Waals surface area (Å²) in [5.74, 6) is 0.116. The minimum Gasteiger partial charge on any atom is -0.360 e. The largest absolute Gasteiger partial charge is 0.360 e. The molecule has 0 atom stereocenters. The van der Waals surface area contributed by atoms with Crippen LogP contribution in [0.2, 0.25) is 0 Å². The summed E-state index contributed by atoms with van der Waals surface area (Å²) in [6, 6.07) is 16.7. The molecule has 1 heterocycles. The second-order valence-electron chi connectivity index (χ2n) is 6.94. The molecule has 3 rings (SSSR count). The minimum absolute atomic E-state index is 0.116. The molecule has 1 fully saturated rings. The van der Waals surface area contributed by atoms with Gasteiger partial charge in [-0.25, -0.2) is 0 Å². The SMILES string of the molecule is Cc1ccc(NC(=O)CC[NH+]2CCN(c3ccccc3)CC2)c(C)c1. The fraction of sp³-hybridized carbons (Fsp3) is 0.381. The van der Waals surface area contributed by atoms with E-state index in [2.05, 4.69) is 53.5 Å². The summed E-state index contributed by atoms with van der Waals surface area (Å²) in [7, 11) is 0. The Bertz CT molecular complexity index is 706. The maximum atomic E-state index is 12.2. The monoisotopic (exact) mass is 338 g/mol. The number of benzene rings is 2. The van der Waals surface area contributed by atoms with Gasteiger partial charge in [-0.2, -0.15) is 0 Å². The van der Waals surface area contributed by atoms with Gasteiger partial charge in [-0.05, 0) is 37.6 Å². The molecule has 2 aromatic carbocycles. The number of anilines is 2. The highest BCUT2D eigenvalue weighted by molar-refractivity contribution is 5.91. The van der Waals surface area contributed by atoms with Crippen molar-refractivity contribution in [3.05, 3.63) is 59.7 Å². The second kappa shape index (κ2) is 8.17. The van der Waals surface area contributed by atoms with Gasteiger partial charge in [-0.1, -0.05) is 35.9 Å². The zero-order chi connectivity index (χ0) is 17.6. The van der Waals surface area contributed by atoms with E-state index in [0.717, 1.165) is 44.0 Å². The van der Waals surface area contributed by atoms with E-state index in [1.807, 2.05) is 19.1 Å².